The summed E-state index contributed by atoms with van der Waals surface area (Å²) in [7, 11) is 1.55. The second-order valence-electron chi connectivity index (χ2n) is 6.48. The van der Waals surface area contributed by atoms with Gasteiger partial charge in [-0.15, -0.1) is 0 Å². The van der Waals surface area contributed by atoms with Gasteiger partial charge in [0.05, 0.1) is 24.1 Å². The van der Waals surface area contributed by atoms with E-state index in [1.807, 2.05) is 12.3 Å². The average Bonchev–Trinajstić information content (AvgIpc) is 3.23. The number of β-amino-alcohol motifs (C(OH)–C–C–N with tert-alkyl or cyclic N) is 1. The van der Waals surface area contributed by atoms with Crippen LogP contribution in [-0.4, -0.2) is 52.5 Å². The molecule has 1 aromatic rings. The number of aliphatic hydroxyl groups is 1. The molecule has 1 saturated heterocycles. The Morgan fingerprint density at radius 2 is 2.27 bits per heavy atom. The number of amides is 2. The van der Waals surface area contributed by atoms with Gasteiger partial charge in [-0.1, -0.05) is 0 Å². The second-order valence-corrected chi connectivity index (χ2v) is 6.48. The van der Waals surface area contributed by atoms with Gasteiger partial charge in [0.2, 0.25) is 5.91 Å². The molecule has 6 nitrogen and oxygen atoms in total. The monoisotopic (exact) mass is 305 g/mol. The summed E-state index contributed by atoms with van der Waals surface area (Å²) >= 11 is 0. The van der Waals surface area contributed by atoms with Gasteiger partial charge in [0.25, 0.3) is 5.91 Å². The lowest BCUT2D eigenvalue weighted by Gasteiger charge is -2.38. The number of nitrogens with zero attached hydrogens (tertiary/aromatic N) is 1. The SMILES string of the molecule is CNC(=O)CC1(O)CCCN(C(=O)c2cc[nH]c2C2CC2)C1. The number of carbonyl (C=O) groups excluding carboxylic acids is 2. The zero-order valence-corrected chi connectivity index (χ0v) is 12.9. The summed E-state index contributed by atoms with van der Waals surface area (Å²) in [4.78, 5) is 29.2. The van der Waals surface area contributed by atoms with Crippen LogP contribution in [0.5, 0.6) is 0 Å². The van der Waals surface area contributed by atoms with Crippen molar-refractivity contribution in [2.75, 3.05) is 20.1 Å². The summed E-state index contributed by atoms with van der Waals surface area (Å²) in [5, 5.41) is 13.2. The third-order valence-corrected chi connectivity index (χ3v) is 4.61. The van der Waals surface area contributed by atoms with E-state index >= 15 is 0 Å². The highest BCUT2D eigenvalue weighted by molar-refractivity contribution is 5.96. The Morgan fingerprint density at radius 1 is 1.50 bits per heavy atom. The number of likely N-dealkylation sites (tertiary alicyclic amines) is 1. The molecule has 2 fully saturated rings. The lowest BCUT2D eigenvalue weighted by Crippen LogP contribution is -2.52. The fourth-order valence-electron chi connectivity index (χ4n) is 3.27. The zero-order chi connectivity index (χ0) is 15.7. The normalized spacial score (nSPS) is 25.1. The topological polar surface area (TPSA) is 85.4 Å². The summed E-state index contributed by atoms with van der Waals surface area (Å²) in [6, 6.07) is 1.82. The molecule has 1 saturated carbocycles. The van der Waals surface area contributed by atoms with Crippen molar-refractivity contribution in [2.45, 2.75) is 43.6 Å². The largest absolute Gasteiger partial charge is 0.388 e. The van der Waals surface area contributed by atoms with Gasteiger partial charge >= 0.3 is 0 Å². The lowest BCUT2D eigenvalue weighted by atomic mass is 9.89. The summed E-state index contributed by atoms with van der Waals surface area (Å²) in [6.45, 7) is 0.846. The van der Waals surface area contributed by atoms with Crippen molar-refractivity contribution >= 4 is 11.8 Å². The number of piperidine rings is 1. The second kappa shape index (κ2) is 5.76. The Balaban J connectivity index is 1.72. The maximum absolute atomic E-state index is 12.8. The first kappa shape index (κ1) is 15.1. The van der Waals surface area contributed by atoms with E-state index in [0.717, 1.165) is 18.5 Å². The number of nitrogens with one attached hydrogen (secondary N) is 2. The standard InChI is InChI=1S/C16H23N3O3/c1-17-13(20)9-16(22)6-2-8-19(10-16)15(21)12-5-7-18-14(12)11-3-4-11/h5,7,11,18,22H,2-4,6,8-10H2,1H3,(H,17,20). The molecule has 0 bridgehead atoms. The Kier molecular flexibility index (Phi) is 3.95. The molecule has 1 aliphatic carbocycles. The molecule has 1 aliphatic heterocycles. The van der Waals surface area contributed by atoms with Crippen molar-refractivity contribution in [3.8, 4) is 0 Å². The van der Waals surface area contributed by atoms with Crippen LogP contribution in [0.3, 0.4) is 0 Å². The number of hydrogen-bond acceptors (Lipinski definition) is 3. The maximum atomic E-state index is 12.8. The first-order chi connectivity index (χ1) is 10.5. The van der Waals surface area contributed by atoms with Crippen molar-refractivity contribution in [3.63, 3.8) is 0 Å². The molecule has 3 N–H and O–H groups in total. The van der Waals surface area contributed by atoms with Gasteiger partial charge in [-0.05, 0) is 37.7 Å². The van der Waals surface area contributed by atoms with E-state index in [9.17, 15) is 14.7 Å². The van der Waals surface area contributed by atoms with Crippen LogP contribution in [0.2, 0.25) is 0 Å². The van der Waals surface area contributed by atoms with E-state index in [4.69, 9.17) is 0 Å². The highest BCUT2D eigenvalue weighted by atomic mass is 16.3. The van der Waals surface area contributed by atoms with E-state index in [0.29, 0.717) is 30.9 Å². The van der Waals surface area contributed by atoms with Crippen LogP contribution in [0.1, 0.15) is 54.1 Å². The average molecular weight is 305 g/mol. The molecular formula is C16H23N3O3. The van der Waals surface area contributed by atoms with E-state index in [1.165, 1.54) is 0 Å². The Bertz CT molecular complexity index is 579. The third kappa shape index (κ3) is 3.02. The number of H-pyrrole nitrogens is 1. The first-order valence-corrected chi connectivity index (χ1v) is 7.92. The van der Waals surface area contributed by atoms with Crippen molar-refractivity contribution in [3.05, 3.63) is 23.5 Å². The molecule has 0 radical (unpaired) electrons. The minimum atomic E-state index is -1.12. The van der Waals surface area contributed by atoms with Crippen molar-refractivity contribution in [2.24, 2.45) is 0 Å². The van der Waals surface area contributed by atoms with Gasteiger partial charge in [0.1, 0.15) is 0 Å². The summed E-state index contributed by atoms with van der Waals surface area (Å²) in [5.41, 5.74) is 0.612. The van der Waals surface area contributed by atoms with E-state index in [2.05, 4.69) is 10.3 Å². The Morgan fingerprint density at radius 3 is 2.95 bits per heavy atom. The number of hydrogen-bond donors (Lipinski definition) is 3. The molecule has 1 unspecified atom stereocenters. The molecule has 120 valence electrons. The molecule has 1 atom stereocenters. The molecular weight excluding hydrogens is 282 g/mol. The van der Waals surface area contributed by atoms with Crippen LogP contribution in [0.15, 0.2) is 12.3 Å². The number of aromatic amines is 1. The number of carbonyl (C=O) groups is 2. The van der Waals surface area contributed by atoms with Gasteiger partial charge in [0, 0.05) is 25.5 Å². The molecule has 22 heavy (non-hydrogen) atoms. The summed E-state index contributed by atoms with van der Waals surface area (Å²) < 4.78 is 0. The number of aromatic nitrogens is 1. The first-order valence-electron chi connectivity index (χ1n) is 7.92. The minimum absolute atomic E-state index is 0.0376. The fraction of sp³-hybridized carbons (Fsp3) is 0.625. The van der Waals surface area contributed by atoms with Gasteiger partial charge in [-0.25, -0.2) is 0 Å². The molecule has 2 heterocycles. The molecule has 2 amide bonds. The number of rotatable bonds is 4. The molecule has 1 aromatic heterocycles. The summed E-state index contributed by atoms with van der Waals surface area (Å²) in [5.74, 6) is 0.235. The highest BCUT2D eigenvalue weighted by Gasteiger charge is 2.38. The van der Waals surface area contributed by atoms with Crippen LogP contribution >= 0.6 is 0 Å². The lowest BCUT2D eigenvalue weighted by molar-refractivity contribution is -0.127. The van der Waals surface area contributed by atoms with E-state index in [-0.39, 0.29) is 24.8 Å². The van der Waals surface area contributed by atoms with Crippen molar-refractivity contribution in [1.29, 1.82) is 0 Å². The van der Waals surface area contributed by atoms with Crippen LogP contribution in [0, 0.1) is 0 Å². The van der Waals surface area contributed by atoms with E-state index in [1.54, 1.807) is 11.9 Å². The van der Waals surface area contributed by atoms with Crippen LogP contribution in [0.4, 0.5) is 0 Å². The minimum Gasteiger partial charge on any atom is -0.388 e. The van der Waals surface area contributed by atoms with Crippen molar-refractivity contribution < 1.29 is 14.7 Å². The predicted octanol–water partition coefficient (Wildman–Crippen LogP) is 0.995. The quantitative estimate of drug-likeness (QED) is 0.775. The smallest absolute Gasteiger partial charge is 0.255 e. The van der Waals surface area contributed by atoms with Gasteiger partial charge in [0.15, 0.2) is 0 Å². The fourth-order valence-corrected chi connectivity index (χ4v) is 3.27. The van der Waals surface area contributed by atoms with Gasteiger partial charge < -0.3 is 20.3 Å². The maximum Gasteiger partial charge on any atom is 0.255 e. The van der Waals surface area contributed by atoms with E-state index < -0.39 is 5.60 Å². The molecule has 6 heteroatoms. The Hall–Kier alpha value is -1.82. The van der Waals surface area contributed by atoms with Crippen LogP contribution in [-0.2, 0) is 4.79 Å². The molecule has 3 rings (SSSR count). The zero-order valence-electron chi connectivity index (χ0n) is 12.9. The predicted molar refractivity (Wildman–Crippen MR) is 81.5 cm³/mol. The van der Waals surface area contributed by atoms with Gasteiger partial charge in [-0.2, -0.15) is 0 Å². The molecule has 0 aromatic carbocycles. The van der Waals surface area contributed by atoms with Crippen LogP contribution < -0.4 is 5.32 Å². The van der Waals surface area contributed by atoms with Crippen molar-refractivity contribution in [1.82, 2.24) is 15.2 Å². The molecule has 0 spiro atoms. The van der Waals surface area contributed by atoms with Crippen LogP contribution in [0.25, 0.3) is 0 Å². The summed E-state index contributed by atoms with van der Waals surface area (Å²) in [6.07, 6.45) is 5.36. The Labute approximate surface area is 129 Å². The van der Waals surface area contributed by atoms with Gasteiger partial charge in [-0.3, -0.25) is 9.59 Å². The highest BCUT2D eigenvalue weighted by Crippen LogP contribution is 2.41. The molecule has 2 aliphatic rings. The third-order valence-electron chi connectivity index (χ3n) is 4.61.